The van der Waals surface area contributed by atoms with Crippen LogP contribution < -0.4 is 0 Å². The van der Waals surface area contributed by atoms with Gasteiger partial charge in [-0.3, -0.25) is 4.79 Å². The highest BCUT2D eigenvalue weighted by molar-refractivity contribution is 7.89. The number of Topliss-reactive ketones (excluding diaryl/α,β-unsaturated/α-hetero) is 1. The summed E-state index contributed by atoms with van der Waals surface area (Å²) in [5.74, 6) is -1.15. The van der Waals surface area contributed by atoms with Crippen molar-refractivity contribution in [3.05, 3.63) is 63.6 Å². The molecule has 1 aliphatic rings. The van der Waals surface area contributed by atoms with Crippen LogP contribution in [0.4, 0.5) is 0 Å². The van der Waals surface area contributed by atoms with E-state index in [4.69, 9.17) is 27.9 Å². The van der Waals surface area contributed by atoms with Crippen LogP contribution in [0, 0.1) is 0 Å². The maximum atomic E-state index is 12.5. The number of rotatable bonds is 6. The molecule has 0 aromatic heterocycles. The zero-order valence-electron chi connectivity index (χ0n) is 14.7. The van der Waals surface area contributed by atoms with E-state index in [0.29, 0.717) is 18.1 Å². The van der Waals surface area contributed by atoms with E-state index in [0.717, 1.165) is 12.8 Å². The molecular formula is C19H17Cl2NO5S. The maximum Gasteiger partial charge on any atom is 0.338 e. The molecule has 0 unspecified atom stereocenters. The van der Waals surface area contributed by atoms with Gasteiger partial charge in [-0.15, -0.1) is 0 Å². The first-order valence-electron chi connectivity index (χ1n) is 8.54. The molecule has 0 atom stereocenters. The number of hydrogen-bond donors (Lipinski definition) is 0. The third-order valence-electron chi connectivity index (χ3n) is 4.37. The second kappa shape index (κ2) is 8.61. The molecule has 2 aromatic rings. The van der Waals surface area contributed by atoms with Crippen molar-refractivity contribution < 1.29 is 22.7 Å². The minimum absolute atomic E-state index is 0.123. The normalized spacial score (nSPS) is 14.8. The summed E-state index contributed by atoms with van der Waals surface area (Å²) in [5.41, 5.74) is 0.427. The molecule has 0 amide bonds. The monoisotopic (exact) mass is 441 g/mol. The summed E-state index contributed by atoms with van der Waals surface area (Å²) < 4.78 is 31.4. The number of carbonyl (C=O) groups is 2. The smallest absolute Gasteiger partial charge is 0.338 e. The molecule has 6 nitrogen and oxygen atoms in total. The average Bonchev–Trinajstić information content (AvgIpc) is 3.24. The predicted molar refractivity (Wildman–Crippen MR) is 106 cm³/mol. The third kappa shape index (κ3) is 4.55. The molecule has 0 aliphatic carbocycles. The summed E-state index contributed by atoms with van der Waals surface area (Å²) in [7, 11) is -3.55. The lowest BCUT2D eigenvalue weighted by Crippen LogP contribution is -2.27. The van der Waals surface area contributed by atoms with E-state index in [2.05, 4.69) is 0 Å². The van der Waals surface area contributed by atoms with Gasteiger partial charge in [0.25, 0.3) is 0 Å². The lowest BCUT2D eigenvalue weighted by atomic mass is 10.1. The van der Waals surface area contributed by atoms with Crippen LogP contribution in [0.5, 0.6) is 0 Å². The zero-order chi connectivity index (χ0) is 20.3. The topological polar surface area (TPSA) is 80.8 Å². The van der Waals surface area contributed by atoms with E-state index >= 15 is 0 Å². The van der Waals surface area contributed by atoms with Crippen molar-refractivity contribution >= 4 is 45.0 Å². The summed E-state index contributed by atoms with van der Waals surface area (Å²) in [5, 5.41) is 0.549. The molecule has 0 bridgehead atoms. The highest BCUT2D eigenvalue weighted by Crippen LogP contribution is 2.23. The van der Waals surface area contributed by atoms with Crippen molar-refractivity contribution in [2.45, 2.75) is 17.7 Å². The number of halogens is 2. The van der Waals surface area contributed by atoms with Crippen molar-refractivity contribution in [1.29, 1.82) is 0 Å². The van der Waals surface area contributed by atoms with Gasteiger partial charge in [-0.2, -0.15) is 4.31 Å². The van der Waals surface area contributed by atoms with Crippen LogP contribution >= 0.6 is 23.2 Å². The van der Waals surface area contributed by atoms with E-state index < -0.39 is 28.4 Å². The Balaban J connectivity index is 1.63. The van der Waals surface area contributed by atoms with E-state index in [-0.39, 0.29) is 21.0 Å². The molecule has 1 saturated heterocycles. The van der Waals surface area contributed by atoms with Crippen molar-refractivity contribution in [2.24, 2.45) is 0 Å². The minimum Gasteiger partial charge on any atom is -0.454 e. The quantitative estimate of drug-likeness (QED) is 0.502. The number of benzene rings is 2. The Kier molecular flexibility index (Phi) is 6.40. The van der Waals surface area contributed by atoms with Crippen molar-refractivity contribution in [1.82, 2.24) is 4.31 Å². The van der Waals surface area contributed by atoms with Gasteiger partial charge in [-0.25, -0.2) is 13.2 Å². The van der Waals surface area contributed by atoms with Crippen LogP contribution in [0.3, 0.4) is 0 Å². The number of ketones is 1. The number of carbonyl (C=O) groups excluding carboxylic acids is 2. The van der Waals surface area contributed by atoms with Gasteiger partial charge < -0.3 is 4.74 Å². The zero-order valence-corrected chi connectivity index (χ0v) is 17.1. The Morgan fingerprint density at radius 3 is 2.14 bits per heavy atom. The first kappa shape index (κ1) is 20.8. The van der Waals surface area contributed by atoms with Crippen LogP contribution in [0.25, 0.3) is 0 Å². The van der Waals surface area contributed by atoms with Gasteiger partial charge in [-0.1, -0.05) is 23.2 Å². The summed E-state index contributed by atoms with van der Waals surface area (Å²) in [6, 6.07) is 9.85. The molecular weight excluding hydrogens is 425 g/mol. The van der Waals surface area contributed by atoms with Gasteiger partial charge >= 0.3 is 5.97 Å². The SMILES string of the molecule is O=C(COC(=O)c1ccc(S(=O)(=O)N2CCCC2)cc1)c1ccc(Cl)c(Cl)c1. The van der Waals surface area contributed by atoms with E-state index in [1.54, 1.807) is 0 Å². The molecule has 1 aliphatic heterocycles. The molecule has 0 saturated carbocycles. The maximum absolute atomic E-state index is 12.5. The van der Waals surface area contributed by atoms with E-state index in [1.165, 1.54) is 46.8 Å². The summed E-state index contributed by atoms with van der Waals surface area (Å²) >= 11 is 11.7. The molecule has 1 fully saturated rings. The van der Waals surface area contributed by atoms with Gasteiger partial charge in [-0.05, 0) is 55.3 Å². The Labute approximate surface area is 173 Å². The molecule has 2 aromatic carbocycles. The number of nitrogens with zero attached hydrogens (tertiary/aromatic N) is 1. The highest BCUT2D eigenvalue weighted by atomic mass is 35.5. The molecule has 148 valence electrons. The largest absolute Gasteiger partial charge is 0.454 e. The van der Waals surface area contributed by atoms with Gasteiger partial charge in [0, 0.05) is 18.7 Å². The number of hydrogen-bond acceptors (Lipinski definition) is 5. The average molecular weight is 442 g/mol. The lowest BCUT2D eigenvalue weighted by Gasteiger charge is -2.15. The van der Waals surface area contributed by atoms with Gasteiger partial charge in [0.15, 0.2) is 12.4 Å². The van der Waals surface area contributed by atoms with Crippen LogP contribution in [0.15, 0.2) is 47.4 Å². The predicted octanol–water partition coefficient (Wildman–Crippen LogP) is 3.82. The fourth-order valence-corrected chi connectivity index (χ4v) is 4.62. The van der Waals surface area contributed by atoms with Crippen LogP contribution in [-0.2, 0) is 14.8 Å². The Bertz CT molecular complexity index is 999. The number of esters is 1. The molecule has 9 heteroatoms. The van der Waals surface area contributed by atoms with Gasteiger partial charge in [0.2, 0.25) is 10.0 Å². The second-order valence-corrected chi connectivity index (χ2v) is 9.02. The van der Waals surface area contributed by atoms with Gasteiger partial charge in [0.05, 0.1) is 20.5 Å². The number of ether oxygens (including phenoxy) is 1. The van der Waals surface area contributed by atoms with E-state index in [9.17, 15) is 18.0 Å². The van der Waals surface area contributed by atoms with Crippen molar-refractivity contribution in [2.75, 3.05) is 19.7 Å². The van der Waals surface area contributed by atoms with Crippen LogP contribution in [0.2, 0.25) is 10.0 Å². The third-order valence-corrected chi connectivity index (χ3v) is 7.02. The van der Waals surface area contributed by atoms with Gasteiger partial charge in [0.1, 0.15) is 0 Å². The fourth-order valence-electron chi connectivity index (χ4n) is 2.81. The summed E-state index contributed by atoms with van der Waals surface area (Å²) in [6.45, 7) is 0.538. The Morgan fingerprint density at radius 2 is 1.54 bits per heavy atom. The second-order valence-electron chi connectivity index (χ2n) is 6.26. The lowest BCUT2D eigenvalue weighted by molar-refractivity contribution is 0.0474. The van der Waals surface area contributed by atoms with Crippen molar-refractivity contribution in [3.63, 3.8) is 0 Å². The molecule has 1 heterocycles. The summed E-state index contributed by atoms with van der Waals surface area (Å²) in [4.78, 5) is 24.4. The first-order chi connectivity index (χ1) is 13.3. The minimum atomic E-state index is -3.55. The Morgan fingerprint density at radius 1 is 0.929 bits per heavy atom. The van der Waals surface area contributed by atoms with Crippen LogP contribution in [-0.4, -0.2) is 44.2 Å². The van der Waals surface area contributed by atoms with Crippen molar-refractivity contribution in [3.8, 4) is 0 Å². The molecule has 0 radical (unpaired) electrons. The van der Waals surface area contributed by atoms with Crippen LogP contribution in [0.1, 0.15) is 33.6 Å². The fraction of sp³-hybridized carbons (Fsp3) is 0.263. The molecule has 0 spiro atoms. The summed E-state index contributed by atoms with van der Waals surface area (Å²) in [6.07, 6.45) is 1.69. The Hall–Kier alpha value is -1.93. The number of sulfonamides is 1. The first-order valence-corrected chi connectivity index (χ1v) is 10.7. The molecule has 28 heavy (non-hydrogen) atoms. The standard InChI is InChI=1S/C19H17Cl2NO5S/c20-16-8-5-14(11-17(16)21)18(23)12-27-19(24)13-3-6-15(7-4-13)28(25,26)22-9-1-2-10-22/h3-8,11H,1-2,9-10,12H2. The highest BCUT2D eigenvalue weighted by Gasteiger charge is 2.27. The van der Waals surface area contributed by atoms with E-state index in [1.807, 2.05) is 0 Å². The molecule has 3 rings (SSSR count). The molecule has 0 N–H and O–H groups in total.